The van der Waals surface area contributed by atoms with Crippen LogP contribution in [0, 0.1) is 5.82 Å². The summed E-state index contributed by atoms with van der Waals surface area (Å²) in [5.41, 5.74) is 8.19. The van der Waals surface area contributed by atoms with Gasteiger partial charge in [-0.3, -0.25) is 4.79 Å². The van der Waals surface area contributed by atoms with Gasteiger partial charge in [-0.15, -0.1) is 0 Å². The van der Waals surface area contributed by atoms with E-state index in [0.717, 1.165) is 5.56 Å². The van der Waals surface area contributed by atoms with E-state index in [2.05, 4.69) is 10.3 Å². The van der Waals surface area contributed by atoms with Crippen molar-refractivity contribution in [3.63, 3.8) is 0 Å². The first-order valence-corrected chi connectivity index (χ1v) is 12.6. The van der Waals surface area contributed by atoms with Crippen molar-refractivity contribution in [2.24, 2.45) is 0 Å². The number of carbonyl (C=O) groups is 1. The number of halogens is 4. The maximum atomic E-state index is 14.0. The molecule has 0 aliphatic carbocycles. The van der Waals surface area contributed by atoms with Gasteiger partial charge in [-0.1, -0.05) is 40.9 Å². The van der Waals surface area contributed by atoms with E-state index in [1.807, 2.05) is 18.7 Å². The lowest BCUT2D eigenvalue weighted by molar-refractivity contribution is 0.0674. The first kappa shape index (κ1) is 26.5. The number of hydrogen-bond acceptors (Lipinski definition) is 5. The van der Waals surface area contributed by atoms with Crippen LogP contribution >= 0.6 is 34.8 Å². The molecule has 36 heavy (non-hydrogen) atoms. The van der Waals surface area contributed by atoms with Crippen molar-refractivity contribution in [2.45, 2.75) is 39.0 Å². The molecule has 0 radical (unpaired) electrons. The number of ether oxygens (including phenoxy) is 1. The van der Waals surface area contributed by atoms with Crippen LogP contribution in [0.1, 0.15) is 42.8 Å². The maximum absolute atomic E-state index is 14.0. The summed E-state index contributed by atoms with van der Waals surface area (Å²) >= 11 is 18.9. The van der Waals surface area contributed by atoms with Gasteiger partial charge >= 0.3 is 0 Å². The molecule has 0 spiro atoms. The quantitative estimate of drug-likeness (QED) is 0.359. The number of anilines is 1. The van der Waals surface area contributed by atoms with Gasteiger partial charge in [0, 0.05) is 47.5 Å². The Balaban J connectivity index is 1.58. The largest absolute Gasteiger partial charge is 0.482 e. The lowest BCUT2D eigenvalue weighted by atomic mass is 10.0. The Kier molecular flexibility index (Phi) is 7.95. The van der Waals surface area contributed by atoms with Crippen LogP contribution in [0.2, 0.25) is 15.1 Å². The second-order valence-corrected chi connectivity index (χ2v) is 10.2. The summed E-state index contributed by atoms with van der Waals surface area (Å²) in [6, 6.07) is 9.95. The summed E-state index contributed by atoms with van der Waals surface area (Å²) in [6.07, 6.45) is 0.884. The number of aromatic nitrogens is 1. The molecule has 0 saturated carbocycles. The highest BCUT2D eigenvalue weighted by Crippen LogP contribution is 2.37. The second-order valence-electron chi connectivity index (χ2n) is 9.00. The first-order valence-electron chi connectivity index (χ1n) is 11.5. The monoisotopic (exact) mass is 550 g/mol. The predicted octanol–water partition coefficient (Wildman–Crippen LogP) is 6.39. The van der Waals surface area contributed by atoms with Crippen LogP contribution in [-0.2, 0) is 0 Å². The fourth-order valence-electron chi connectivity index (χ4n) is 4.40. The first-order chi connectivity index (χ1) is 17.0. The zero-order valence-electron chi connectivity index (χ0n) is 20.0. The molecule has 2 aromatic carbocycles. The van der Waals surface area contributed by atoms with Crippen LogP contribution in [0.5, 0.6) is 5.75 Å². The van der Waals surface area contributed by atoms with Crippen molar-refractivity contribution in [1.29, 1.82) is 0 Å². The minimum Gasteiger partial charge on any atom is -0.482 e. The van der Waals surface area contributed by atoms with E-state index in [9.17, 15) is 9.18 Å². The highest BCUT2D eigenvalue weighted by molar-refractivity contribution is 6.36. The molecule has 3 aromatic rings. The minimum atomic E-state index is -0.701. The van der Waals surface area contributed by atoms with Crippen LogP contribution in [0.4, 0.5) is 10.2 Å². The topological polar surface area (TPSA) is 80.5 Å². The van der Waals surface area contributed by atoms with Gasteiger partial charge in [-0.2, -0.15) is 0 Å². The molecule has 4 rings (SSSR count). The van der Waals surface area contributed by atoms with Gasteiger partial charge in [0.25, 0.3) is 5.91 Å². The third-order valence-corrected chi connectivity index (χ3v) is 7.08. The van der Waals surface area contributed by atoms with Gasteiger partial charge in [-0.25, -0.2) is 9.37 Å². The van der Waals surface area contributed by atoms with Crippen LogP contribution in [0.3, 0.4) is 0 Å². The van der Waals surface area contributed by atoms with Crippen LogP contribution in [0.15, 0.2) is 42.6 Å². The summed E-state index contributed by atoms with van der Waals surface area (Å²) < 4.78 is 20.0. The summed E-state index contributed by atoms with van der Waals surface area (Å²) in [5, 5.41) is 3.91. The lowest BCUT2D eigenvalue weighted by Gasteiger charge is -2.36. The molecule has 3 N–H and O–H groups in total. The fraction of sp³-hybridized carbons (Fsp3) is 0.308. The lowest BCUT2D eigenvalue weighted by Crippen LogP contribution is -2.55. The van der Waals surface area contributed by atoms with Gasteiger partial charge < -0.3 is 20.7 Å². The van der Waals surface area contributed by atoms with Crippen molar-refractivity contribution in [3.8, 4) is 16.9 Å². The number of rotatable bonds is 5. The van der Waals surface area contributed by atoms with Crippen molar-refractivity contribution in [3.05, 3.63) is 74.6 Å². The molecule has 190 valence electrons. The Hall–Kier alpha value is -2.58. The van der Waals surface area contributed by atoms with Crippen LogP contribution < -0.4 is 15.8 Å². The fourth-order valence-corrected chi connectivity index (χ4v) is 5.34. The molecule has 1 aliphatic rings. The van der Waals surface area contributed by atoms with Gasteiger partial charge in [0.1, 0.15) is 11.9 Å². The summed E-state index contributed by atoms with van der Waals surface area (Å²) in [5.74, 6) is -0.283. The van der Waals surface area contributed by atoms with E-state index in [4.69, 9.17) is 45.3 Å². The zero-order chi connectivity index (χ0) is 26.1. The van der Waals surface area contributed by atoms with Crippen LogP contribution in [0.25, 0.3) is 11.1 Å². The minimum absolute atomic E-state index is 0.108. The molecule has 10 heteroatoms. The molecular formula is C26H26Cl3FN4O2. The Bertz CT molecular complexity index is 1300. The van der Waals surface area contributed by atoms with E-state index < -0.39 is 11.9 Å². The Morgan fingerprint density at radius 2 is 1.81 bits per heavy atom. The molecule has 2 heterocycles. The van der Waals surface area contributed by atoms with Gasteiger partial charge in [-0.05, 0) is 56.7 Å². The average molecular weight is 552 g/mol. The smallest absolute Gasteiger partial charge is 0.255 e. The van der Waals surface area contributed by atoms with Crippen molar-refractivity contribution in [2.75, 3.05) is 18.8 Å². The molecule has 3 atom stereocenters. The standard InChI is InChI=1S/C26H26Cl3FN4O2/c1-13-11-34(12-14(2)33-13)26(35)18-5-4-16(8-20(18)28)17-9-22(25(31)32-10-17)36-15(3)23-19(27)6-7-21(30)24(23)29/h4-10,13-15,33H,11-12H2,1-3H3,(H2,31,32)/t13-,14+,15?. The number of benzene rings is 2. The highest BCUT2D eigenvalue weighted by Gasteiger charge is 2.27. The number of nitrogens with two attached hydrogens (primary N) is 1. The Morgan fingerprint density at radius 1 is 1.11 bits per heavy atom. The molecule has 1 aromatic heterocycles. The van der Waals surface area contributed by atoms with E-state index >= 15 is 0 Å². The van der Waals surface area contributed by atoms with E-state index in [0.29, 0.717) is 34.8 Å². The van der Waals surface area contributed by atoms with Crippen molar-refractivity contribution >= 4 is 46.5 Å². The van der Waals surface area contributed by atoms with Crippen molar-refractivity contribution < 1.29 is 13.9 Å². The zero-order valence-corrected chi connectivity index (χ0v) is 22.3. The Morgan fingerprint density at radius 3 is 2.47 bits per heavy atom. The number of carbonyl (C=O) groups excluding carboxylic acids is 1. The van der Waals surface area contributed by atoms with E-state index in [1.54, 1.807) is 37.4 Å². The number of piperazine rings is 1. The normalized spacial score (nSPS) is 18.7. The molecule has 0 bridgehead atoms. The number of nitrogens with one attached hydrogen (secondary N) is 1. The highest BCUT2D eigenvalue weighted by atomic mass is 35.5. The SMILES string of the molecule is CC(Oc1cc(-c2ccc(C(=O)N3C[C@@H](C)N[C@@H](C)C3)c(Cl)c2)cnc1N)c1c(Cl)ccc(F)c1Cl. The molecule has 1 aliphatic heterocycles. The summed E-state index contributed by atoms with van der Waals surface area (Å²) in [7, 11) is 0. The molecule has 1 amide bonds. The van der Waals surface area contributed by atoms with Gasteiger partial charge in [0.05, 0.1) is 15.6 Å². The molecule has 6 nitrogen and oxygen atoms in total. The van der Waals surface area contributed by atoms with Crippen LogP contribution in [-0.4, -0.2) is 41.0 Å². The number of hydrogen-bond donors (Lipinski definition) is 2. The summed E-state index contributed by atoms with van der Waals surface area (Å²) in [6.45, 7) is 7.01. The van der Waals surface area contributed by atoms with Gasteiger partial charge in [0.15, 0.2) is 11.6 Å². The average Bonchev–Trinajstić information content (AvgIpc) is 2.82. The Labute approximate surface area is 224 Å². The predicted molar refractivity (Wildman–Crippen MR) is 143 cm³/mol. The third-order valence-electron chi connectivity index (χ3n) is 6.05. The number of pyridine rings is 1. The summed E-state index contributed by atoms with van der Waals surface area (Å²) in [4.78, 5) is 19.2. The number of nitrogen functional groups attached to an aromatic ring is 1. The number of nitrogens with zero attached hydrogens (tertiary/aromatic N) is 2. The molecule has 1 fully saturated rings. The van der Waals surface area contributed by atoms with E-state index in [-0.39, 0.29) is 39.6 Å². The molecule has 1 unspecified atom stereocenters. The van der Waals surface area contributed by atoms with Crippen molar-refractivity contribution in [1.82, 2.24) is 15.2 Å². The van der Waals surface area contributed by atoms with Gasteiger partial charge in [0.2, 0.25) is 0 Å². The molecular weight excluding hydrogens is 526 g/mol. The van der Waals surface area contributed by atoms with E-state index in [1.165, 1.54) is 12.1 Å². The second kappa shape index (κ2) is 10.8. The third kappa shape index (κ3) is 5.54. The molecule has 1 saturated heterocycles. The number of amides is 1. The maximum Gasteiger partial charge on any atom is 0.255 e.